The van der Waals surface area contributed by atoms with Gasteiger partial charge in [0.1, 0.15) is 9.74 Å². The van der Waals surface area contributed by atoms with E-state index < -0.39 is 21.7 Å². The zero-order valence-corrected chi connectivity index (χ0v) is 17.6. The van der Waals surface area contributed by atoms with E-state index in [0.717, 1.165) is 0 Å². The van der Waals surface area contributed by atoms with Crippen molar-refractivity contribution in [3.63, 3.8) is 0 Å². The molecule has 150 valence electrons. The number of rotatable bonds is 6. The summed E-state index contributed by atoms with van der Waals surface area (Å²) >= 11 is 13.8. The number of para-hydroxylation sites is 1. The summed E-state index contributed by atoms with van der Waals surface area (Å²) in [4.78, 5) is 12.5. The van der Waals surface area contributed by atoms with Gasteiger partial charge in [-0.3, -0.25) is 10.2 Å². The van der Waals surface area contributed by atoms with Crippen LogP contribution in [0.1, 0.15) is 10.5 Å². The van der Waals surface area contributed by atoms with E-state index in [1.54, 1.807) is 69.8 Å². The van der Waals surface area contributed by atoms with Crippen molar-refractivity contribution in [3.8, 4) is 5.69 Å². The van der Waals surface area contributed by atoms with E-state index in [4.69, 9.17) is 28.9 Å². The maximum absolute atomic E-state index is 12.7. The minimum Gasteiger partial charge on any atom is -0.404 e. The van der Waals surface area contributed by atoms with E-state index in [1.807, 2.05) is 0 Å². The quantitative estimate of drug-likeness (QED) is 0.163. The third kappa shape index (κ3) is 5.66. The topological polar surface area (TPSA) is 72.1 Å². The number of carbonyl (C=O) groups is 1. The van der Waals surface area contributed by atoms with Crippen molar-refractivity contribution in [3.05, 3.63) is 76.2 Å². The zero-order chi connectivity index (χ0) is 20.9. The van der Waals surface area contributed by atoms with Crippen LogP contribution in [0.25, 0.3) is 5.69 Å². The summed E-state index contributed by atoms with van der Waals surface area (Å²) in [5.41, 5.74) is 9.72. The number of allylic oxidation sites excluding steroid dienone is 2. The number of amides is 1. The Hall–Kier alpha value is -1.69. The number of nitrogens with two attached hydrogens (primary N) is 1. The summed E-state index contributed by atoms with van der Waals surface area (Å²) in [6.45, 7) is 0. The van der Waals surface area contributed by atoms with Crippen molar-refractivity contribution in [1.29, 1.82) is 0 Å². The normalized spacial score (nSPS) is 14.1. The number of benzene rings is 1. The highest BCUT2D eigenvalue weighted by molar-refractivity contribution is 14.1. The summed E-state index contributed by atoms with van der Waals surface area (Å²) < 4.78 is 38.9. The van der Waals surface area contributed by atoms with Crippen LogP contribution >= 0.6 is 45.8 Å². The third-order valence-corrected chi connectivity index (χ3v) is 5.45. The number of nitrogens with zero attached hydrogens (tertiary/aromatic N) is 1. The highest BCUT2D eigenvalue weighted by Crippen LogP contribution is 2.29. The Kier molecular flexibility index (Phi) is 7.81. The number of aromatic nitrogens is 1. The van der Waals surface area contributed by atoms with Gasteiger partial charge < -0.3 is 10.3 Å². The molecule has 2 aromatic rings. The van der Waals surface area contributed by atoms with Crippen LogP contribution in [0.3, 0.4) is 0 Å². The Morgan fingerprint density at radius 2 is 1.93 bits per heavy atom. The van der Waals surface area contributed by atoms with Gasteiger partial charge in [-0.25, -0.2) is 5.43 Å². The molecule has 0 saturated heterocycles. The Balaban J connectivity index is 2.09. The molecular formula is C17H14Cl2F3IN4O. The van der Waals surface area contributed by atoms with E-state index >= 15 is 0 Å². The van der Waals surface area contributed by atoms with Gasteiger partial charge >= 0.3 is 6.18 Å². The van der Waals surface area contributed by atoms with E-state index in [1.165, 1.54) is 0 Å². The Bertz CT molecular complexity index is 912. The minimum atomic E-state index is -4.63. The molecule has 0 spiro atoms. The summed E-state index contributed by atoms with van der Waals surface area (Å²) in [6.07, 6.45) is -1.87. The first-order chi connectivity index (χ1) is 13.1. The molecule has 0 aliphatic rings. The summed E-state index contributed by atoms with van der Waals surface area (Å²) in [7, 11) is 0. The van der Waals surface area contributed by atoms with Crippen LogP contribution in [0.4, 0.5) is 13.2 Å². The van der Waals surface area contributed by atoms with Gasteiger partial charge in [-0.15, -0.1) is 0 Å². The molecule has 4 N–H and O–H groups in total. The Labute approximate surface area is 182 Å². The van der Waals surface area contributed by atoms with Crippen molar-refractivity contribution >= 4 is 51.7 Å². The van der Waals surface area contributed by atoms with Gasteiger partial charge in [0.05, 0.1) is 16.3 Å². The lowest BCUT2D eigenvalue weighted by atomic mass is 10.2. The Morgan fingerprint density at radius 1 is 1.25 bits per heavy atom. The number of halogens is 6. The van der Waals surface area contributed by atoms with Crippen LogP contribution in [0.2, 0.25) is 5.02 Å². The summed E-state index contributed by atoms with van der Waals surface area (Å²) in [5, 5.41) is 0.253. The molecular weight excluding hydrogens is 531 g/mol. The zero-order valence-electron chi connectivity index (χ0n) is 14.0. The minimum absolute atomic E-state index is 0.198. The number of alkyl halides is 4. The molecule has 0 fully saturated rings. The molecule has 1 atom stereocenters. The van der Waals surface area contributed by atoms with Crippen molar-refractivity contribution in [2.75, 3.05) is 0 Å². The molecule has 11 heteroatoms. The summed E-state index contributed by atoms with van der Waals surface area (Å²) in [6, 6.07) is 10.2. The van der Waals surface area contributed by atoms with Crippen LogP contribution < -0.4 is 16.6 Å². The van der Waals surface area contributed by atoms with Crippen molar-refractivity contribution in [1.82, 2.24) is 15.4 Å². The predicted octanol–water partition coefficient (Wildman–Crippen LogP) is 4.65. The van der Waals surface area contributed by atoms with Crippen LogP contribution in [0, 0.1) is 0 Å². The summed E-state index contributed by atoms with van der Waals surface area (Å²) in [5.74, 6) is -0.526. The second kappa shape index (κ2) is 9.68. The molecule has 0 bridgehead atoms. The molecule has 0 radical (unpaired) electrons. The van der Waals surface area contributed by atoms with E-state index in [0.29, 0.717) is 23.0 Å². The Morgan fingerprint density at radius 3 is 2.54 bits per heavy atom. The molecule has 1 heterocycles. The lowest BCUT2D eigenvalue weighted by molar-refractivity contribution is -0.0884. The molecule has 5 nitrogen and oxygen atoms in total. The van der Waals surface area contributed by atoms with Crippen LogP contribution in [0.5, 0.6) is 0 Å². The molecule has 1 aromatic carbocycles. The molecule has 1 amide bonds. The first-order valence-corrected chi connectivity index (χ1v) is 9.63. The number of carbonyl (C=O) groups excluding carboxylic acids is 1. The fourth-order valence-corrected chi connectivity index (χ4v) is 2.87. The average Bonchev–Trinajstić information content (AvgIpc) is 3.12. The molecule has 1 aromatic heterocycles. The maximum Gasteiger partial charge on any atom is 0.417 e. The van der Waals surface area contributed by atoms with E-state index in [-0.39, 0.29) is 10.7 Å². The number of nitrogens with one attached hydrogen (secondary N) is 2. The SMILES string of the molecule is N/C=C(\C=C(\Cl)C(I)NNC(=O)c1cccn1-c1ccccc1Cl)C(F)(F)F. The second-order valence-electron chi connectivity index (χ2n) is 5.32. The molecule has 0 saturated carbocycles. The smallest absolute Gasteiger partial charge is 0.404 e. The highest BCUT2D eigenvalue weighted by Gasteiger charge is 2.32. The molecule has 0 aliphatic heterocycles. The average molecular weight is 545 g/mol. The lowest BCUT2D eigenvalue weighted by Crippen LogP contribution is -2.42. The van der Waals surface area contributed by atoms with Crippen molar-refractivity contribution in [2.45, 2.75) is 10.2 Å². The molecule has 2 rings (SSSR count). The number of hydrazine groups is 1. The van der Waals surface area contributed by atoms with Crippen LogP contribution in [0.15, 0.2) is 65.5 Å². The predicted molar refractivity (Wildman–Crippen MR) is 111 cm³/mol. The van der Waals surface area contributed by atoms with Gasteiger partial charge in [-0.05, 0) is 30.3 Å². The first kappa shape index (κ1) is 22.6. The van der Waals surface area contributed by atoms with E-state index in [9.17, 15) is 18.0 Å². The second-order valence-corrected chi connectivity index (χ2v) is 7.41. The number of hydrogen-bond acceptors (Lipinski definition) is 3. The van der Waals surface area contributed by atoms with Gasteiger partial charge in [-0.1, -0.05) is 57.9 Å². The van der Waals surface area contributed by atoms with Crippen LogP contribution in [-0.4, -0.2) is 20.7 Å². The largest absolute Gasteiger partial charge is 0.417 e. The van der Waals surface area contributed by atoms with Crippen LogP contribution in [-0.2, 0) is 0 Å². The molecule has 0 aliphatic carbocycles. The standard InChI is InChI=1S/C17H14Cl2F3IN4O/c18-11-4-1-2-5-13(11)27-7-3-6-14(27)16(28)26-25-15(23)12(19)8-10(9-24)17(20,21)22/h1-9,15,25H,24H2,(H,26,28)/b10-9+,12-8+. The van der Waals surface area contributed by atoms with Gasteiger partial charge in [-0.2, -0.15) is 13.2 Å². The van der Waals surface area contributed by atoms with Gasteiger partial charge in [0.25, 0.3) is 5.91 Å². The molecule has 1 unspecified atom stereocenters. The lowest BCUT2D eigenvalue weighted by Gasteiger charge is -2.15. The van der Waals surface area contributed by atoms with Gasteiger partial charge in [0.2, 0.25) is 0 Å². The monoisotopic (exact) mass is 544 g/mol. The van der Waals surface area contributed by atoms with E-state index in [2.05, 4.69) is 10.9 Å². The fraction of sp³-hybridized carbons (Fsp3) is 0.118. The van der Waals surface area contributed by atoms with Gasteiger partial charge in [0.15, 0.2) is 0 Å². The molecule has 28 heavy (non-hydrogen) atoms. The van der Waals surface area contributed by atoms with Crippen molar-refractivity contribution < 1.29 is 18.0 Å². The number of hydrogen-bond donors (Lipinski definition) is 3. The fourth-order valence-electron chi connectivity index (χ4n) is 2.13. The van der Waals surface area contributed by atoms with Gasteiger partial charge in [0, 0.05) is 17.4 Å². The highest BCUT2D eigenvalue weighted by atomic mass is 127. The first-order valence-electron chi connectivity index (χ1n) is 7.63. The maximum atomic E-state index is 12.7. The van der Waals surface area contributed by atoms with Crippen molar-refractivity contribution in [2.24, 2.45) is 5.73 Å². The third-order valence-electron chi connectivity index (χ3n) is 3.45.